The second-order valence-corrected chi connectivity index (χ2v) is 6.87. The third kappa shape index (κ3) is 7.75. The zero-order valence-corrected chi connectivity index (χ0v) is 18.4. The predicted octanol–water partition coefficient (Wildman–Crippen LogP) is 2.39. The molecule has 0 heterocycles. The van der Waals surface area contributed by atoms with E-state index in [9.17, 15) is 14.4 Å². The number of amides is 3. The third-order valence-electron chi connectivity index (χ3n) is 4.37. The lowest BCUT2D eigenvalue weighted by Gasteiger charge is -2.12. The summed E-state index contributed by atoms with van der Waals surface area (Å²) in [5.74, 6) is -1.11. The number of ether oxygens (including phenoxy) is 2. The minimum atomic E-state index is -0.844. The van der Waals surface area contributed by atoms with Crippen molar-refractivity contribution in [2.24, 2.45) is 5.10 Å². The first-order chi connectivity index (χ1) is 15.4. The summed E-state index contributed by atoms with van der Waals surface area (Å²) in [6, 6.07) is 12.4. The first-order valence-corrected chi connectivity index (χ1v) is 10.2. The zero-order chi connectivity index (χ0) is 23.3. The van der Waals surface area contributed by atoms with Crippen molar-refractivity contribution >= 4 is 29.6 Å². The van der Waals surface area contributed by atoms with Gasteiger partial charge in [-0.3, -0.25) is 14.4 Å². The molecule has 2 aromatic rings. The molecular weight excluding hydrogens is 412 g/mol. The van der Waals surface area contributed by atoms with E-state index in [1.54, 1.807) is 18.2 Å². The number of aryl methyl sites for hydroxylation is 1. The van der Waals surface area contributed by atoms with Crippen LogP contribution >= 0.6 is 0 Å². The number of methoxy groups -OCH3 is 1. The summed E-state index contributed by atoms with van der Waals surface area (Å²) >= 11 is 0. The Morgan fingerprint density at radius 3 is 2.56 bits per heavy atom. The van der Waals surface area contributed by atoms with Crippen LogP contribution in [0.15, 0.2) is 47.6 Å². The van der Waals surface area contributed by atoms with Gasteiger partial charge in [0.15, 0.2) is 18.1 Å². The van der Waals surface area contributed by atoms with E-state index < -0.39 is 11.8 Å². The lowest BCUT2D eigenvalue weighted by Crippen LogP contribution is -2.38. The van der Waals surface area contributed by atoms with Crippen molar-refractivity contribution in [2.75, 3.05) is 25.6 Å². The number of anilines is 1. The van der Waals surface area contributed by atoms with Gasteiger partial charge in [0.25, 0.3) is 5.91 Å². The largest absolute Gasteiger partial charge is 0.493 e. The van der Waals surface area contributed by atoms with Crippen LogP contribution in [0.1, 0.15) is 30.9 Å². The zero-order valence-electron chi connectivity index (χ0n) is 18.4. The van der Waals surface area contributed by atoms with Crippen molar-refractivity contribution in [3.63, 3.8) is 0 Å². The molecule has 0 aliphatic carbocycles. The molecule has 0 unspecified atom stereocenters. The number of carbonyl (C=O) groups is 3. The molecular formula is C23H28N4O5. The van der Waals surface area contributed by atoms with Crippen molar-refractivity contribution in [1.82, 2.24) is 10.7 Å². The molecule has 170 valence electrons. The SMILES string of the molecule is CCCCNC(=O)C(=O)N/N=C\c1ccc(OCC(=O)Nc2ccccc2C)c(OC)c1. The first-order valence-electron chi connectivity index (χ1n) is 10.2. The number of hydrogen-bond donors (Lipinski definition) is 3. The Hall–Kier alpha value is -3.88. The van der Waals surface area contributed by atoms with Crippen molar-refractivity contribution in [3.05, 3.63) is 53.6 Å². The van der Waals surface area contributed by atoms with Crippen molar-refractivity contribution in [2.45, 2.75) is 26.7 Å². The molecule has 2 aromatic carbocycles. The van der Waals surface area contributed by atoms with E-state index in [0.29, 0.717) is 23.6 Å². The van der Waals surface area contributed by atoms with Crippen LogP contribution < -0.4 is 25.5 Å². The molecule has 0 saturated carbocycles. The van der Waals surface area contributed by atoms with Gasteiger partial charge >= 0.3 is 11.8 Å². The number of hydrogen-bond acceptors (Lipinski definition) is 6. The maximum atomic E-state index is 12.2. The van der Waals surface area contributed by atoms with E-state index in [2.05, 4.69) is 21.2 Å². The molecule has 0 radical (unpaired) electrons. The van der Waals surface area contributed by atoms with Gasteiger partial charge in [0.1, 0.15) is 0 Å². The average Bonchev–Trinajstić information content (AvgIpc) is 2.79. The number of benzene rings is 2. The quantitative estimate of drug-likeness (QED) is 0.227. The average molecular weight is 441 g/mol. The monoisotopic (exact) mass is 440 g/mol. The summed E-state index contributed by atoms with van der Waals surface area (Å²) in [6.45, 7) is 4.14. The minimum Gasteiger partial charge on any atom is -0.493 e. The van der Waals surface area contributed by atoms with Crippen LogP contribution in [0.2, 0.25) is 0 Å². The second-order valence-electron chi connectivity index (χ2n) is 6.87. The van der Waals surface area contributed by atoms with E-state index in [4.69, 9.17) is 9.47 Å². The Kier molecular flexibility index (Phi) is 9.70. The van der Waals surface area contributed by atoms with Gasteiger partial charge in [-0.1, -0.05) is 31.5 Å². The first kappa shape index (κ1) is 24.4. The molecule has 2 rings (SSSR count). The molecule has 0 aromatic heterocycles. The van der Waals surface area contributed by atoms with Gasteiger partial charge in [-0.15, -0.1) is 0 Å². The van der Waals surface area contributed by atoms with Crippen LogP contribution in [0.4, 0.5) is 5.69 Å². The number of rotatable bonds is 10. The highest BCUT2D eigenvalue weighted by molar-refractivity contribution is 6.35. The van der Waals surface area contributed by atoms with E-state index in [-0.39, 0.29) is 12.5 Å². The lowest BCUT2D eigenvalue weighted by atomic mass is 10.2. The van der Waals surface area contributed by atoms with Gasteiger partial charge in [0, 0.05) is 12.2 Å². The van der Waals surface area contributed by atoms with Crippen LogP contribution in [0, 0.1) is 6.92 Å². The van der Waals surface area contributed by atoms with Gasteiger partial charge in [-0.2, -0.15) is 5.10 Å². The number of unbranched alkanes of at least 4 members (excludes halogenated alkanes) is 1. The summed E-state index contributed by atoms with van der Waals surface area (Å²) in [7, 11) is 1.47. The van der Waals surface area contributed by atoms with Crippen molar-refractivity contribution in [3.8, 4) is 11.5 Å². The van der Waals surface area contributed by atoms with E-state index in [1.807, 2.05) is 38.1 Å². The summed E-state index contributed by atoms with van der Waals surface area (Å²) in [4.78, 5) is 35.5. The Balaban J connectivity index is 1.89. The summed E-state index contributed by atoms with van der Waals surface area (Å²) in [6.07, 6.45) is 3.08. The van der Waals surface area contributed by atoms with Crippen LogP contribution in [0.25, 0.3) is 0 Å². The Morgan fingerprint density at radius 2 is 1.84 bits per heavy atom. The van der Waals surface area contributed by atoms with Crippen molar-refractivity contribution < 1.29 is 23.9 Å². The van der Waals surface area contributed by atoms with Gasteiger partial charge in [0.05, 0.1) is 13.3 Å². The summed E-state index contributed by atoms with van der Waals surface area (Å²) in [5, 5.41) is 9.08. The van der Waals surface area contributed by atoms with Crippen LogP contribution in [-0.4, -0.2) is 44.2 Å². The van der Waals surface area contributed by atoms with Crippen LogP contribution in [0.5, 0.6) is 11.5 Å². The molecule has 0 spiro atoms. The maximum Gasteiger partial charge on any atom is 0.329 e. The van der Waals surface area contributed by atoms with Crippen LogP contribution in [0.3, 0.4) is 0 Å². The molecule has 0 aliphatic heterocycles. The number of nitrogens with one attached hydrogen (secondary N) is 3. The standard InChI is InChI=1S/C23H28N4O5/c1-4-5-12-24-22(29)23(30)27-25-14-17-10-11-19(20(13-17)31-3)32-15-21(28)26-18-9-7-6-8-16(18)2/h6-11,13-14H,4-5,12,15H2,1-3H3,(H,24,29)(H,26,28)(H,27,30)/b25-14-. The van der Waals surface area contributed by atoms with Gasteiger partial charge < -0.3 is 20.1 Å². The second kappa shape index (κ2) is 12.7. The Bertz CT molecular complexity index is 975. The number of nitrogens with zero attached hydrogens (tertiary/aromatic N) is 1. The fraction of sp³-hybridized carbons (Fsp3) is 0.304. The Labute approximate surface area is 187 Å². The molecule has 0 fully saturated rings. The molecule has 32 heavy (non-hydrogen) atoms. The topological polar surface area (TPSA) is 118 Å². The third-order valence-corrected chi connectivity index (χ3v) is 4.37. The number of carbonyl (C=O) groups excluding carboxylic acids is 3. The lowest BCUT2D eigenvalue weighted by molar-refractivity contribution is -0.139. The highest BCUT2D eigenvalue weighted by Crippen LogP contribution is 2.27. The van der Waals surface area contributed by atoms with Gasteiger partial charge in [0.2, 0.25) is 0 Å². The maximum absolute atomic E-state index is 12.2. The highest BCUT2D eigenvalue weighted by Gasteiger charge is 2.12. The summed E-state index contributed by atoms with van der Waals surface area (Å²) in [5.41, 5.74) is 4.45. The fourth-order valence-electron chi connectivity index (χ4n) is 2.60. The normalized spacial score (nSPS) is 10.5. The van der Waals surface area contributed by atoms with E-state index in [0.717, 1.165) is 24.1 Å². The molecule has 9 heteroatoms. The molecule has 0 saturated heterocycles. The minimum absolute atomic E-state index is 0.193. The molecule has 0 atom stereocenters. The highest BCUT2D eigenvalue weighted by atomic mass is 16.5. The number of para-hydroxylation sites is 1. The molecule has 3 N–H and O–H groups in total. The fourth-order valence-corrected chi connectivity index (χ4v) is 2.60. The summed E-state index contributed by atoms with van der Waals surface area (Å²) < 4.78 is 10.9. The Morgan fingerprint density at radius 1 is 1.06 bits per heavy atom. The van der Waals surface area contributed by atoms with Crippen LogP contribution in [-0.2, 0) is 14.4 Å². The number of hydrazone groups is 1. The van der Waals surface area contributed by atoms with Gasteiger partial charge in [-0.05, 0) is 48.7 Å². The predicted molar refractivity (Wildman–Crippen MR) is 122 cm³/mol. The van der Waals surface area contributed by atoms with Gasteiger partial charge in [-0.25, -0.2) is 5.43 Å². The van der Waals surface area contributed by atoms with Crippen molar-refractivity contribution in [1.29, 1.82) is 0 Å². The molecule has 0 bridgehead atoms. The molecule has 9 nitrogen and oxygen atoms in total. The molecule has 3 amide bonds. The molecule has 0 aliphatic rings. The smallest absolute Gasteiger partial charge is 0.329 e. The van der Waals surface area contributed by atoms with E-state index >= 15 is 0 Å². The van der Waals surface area contributed by atoms with E-state index in [1.165, 1.54) is 13.3 Å².